The molecule has 3 N–H and O–H groups in total. The fraction of sp³-hybridized carbons (Fsp3) is 0.571. The van der Waals surface area contributed by atoms with Gasteiger partial charge in [0.05, 0.1) is 4.90 Å². The van der Waals surface area contributed by atoms with Gasteiger partial charge in [0, 0.05) is 12.2 Å². The van der Waals surface area contributed by atoms with E-state index in [9.17, 15) is 8.42 Å². The van der Waals surface area contributed by atoms with Crippen molar-refractivity contribution in [2.24, 2.45) is 22.9 Å². The topological polar surface area (TPSA) is 72.2 Å². The highest BCUT2D eigenvalue weighted by Gasteiger charge is 2.40. The number of benzene rings is 1. The Morgan fingerprint density at radius 1 is 1.11 bits per heavy atom. The quantitative estimate of drug-likeness (QED) is 0.839. The number of nitrogens with one attached hydrogen (secondary N) is 1. The van der Waals surface area contributed by atoms with Gasteiger partial charge in [-0.15, -0.1) is 0 Å². The van der Waals surface area contributed by atoms with Crippen molar-refractivity contribution < 1.29 is 8.42 Å². The number of anilines is 1. The Morgan fingerprint density at radius 3 is 2.05 bits per heavy atom. The maximum atomic E-state index is 11.2. The van der Waals surface area contributed by atoms with Crippen LogP contribution in [0.3, 0.4) is 0 Å². The third-order valence-electron chi connectivity index (χ3n) is 4.18. The molecule has 0 amide bonds. The summed E-state index contributed by atoms with van der Waals surface area (Å²) in [5.74, 6) is 2.64. The van der Waals surface area contributed by atoms with Crippen LogP contribution < -0.4 is 10.5 Å². The molecule has 104 valence electrons. The smallest absolute Gasteiger partial charge is 0.238 e. The number of hydrogen-bond acceptors (Lipinski definition) is 3. The second-order valence-corrected chi connectivity index (χ2v) is 7.35. The van der Waals surface area contributed by atoms with Crippen LogP contribution in [0.2, 0.25) is 0 Å². The van der Waals surface area contributed by atoms with Gasteiger partial charge < -0.3 is 5.32 Å². The zero-order valence-electron chi connectivity index (χ0n) is 10.9. The van der Waals surface area contributed by atoms with Gasteiger partial charge in [-0.3, -0.25) is 0 Å². The average Bonchev–Trinajstić information content (AvgIpc) is 3.23. The van der Waals surface area contributed by atoms with Crippen molar-refractivity contribution in [1.29, 1.82) is 0 Å². The molecule has 0 bridgehead atoms. The van der Waals surface area contributed by atoms with E-state index in [1.807, 2.05) is 0 Å². The molecule has 2 aliphatic rings. The van der Waals surface area contributed by atoms with E-state index in [2.05, 4.69) is 5.32 Å². The first-order chi connectivity index (χ1) is 9.04. The zero-order chi connectivity index (χ0) is 13.5. The number of rotatable bonds is 6. The lowest BCUT2D eigenvalue weighted by Crippen LogP contribution is -2.18. The molecule has 4 nitrogen and oxygen atoms in total. The first-order valence-corrected chi connectivity index (χ1v) is 8.45. The molecule has 3 rings (SSSR count). The summed E-state index contributed by atoms with van der Waals surface area (Å²) in [6.07, 6.45) is 5.53. The lowest BCUT2D eigenvalue weighted by Gasteiger charge is -2.17. The molecule has 0 aliphatic heterocycles. The van der Waals surface area contributed by atoms with Gasteiger partial charge in [0.15, 0.2) is 0 Å². The van der Waals surface area contributed by atoms with Gasteiger partial charge >= 0.3 is 0 Å². The van der Waals surface area contributed by atoms with Crippen molar-refractivity contribution >= 4 is 15.7 Å². The number of nitrogens with two attached hydrogens (primary N) is 1. The molecule has 1 aromatic carbocycles. The lowest BCUT2D eigenvalue weighted by atomic mass is 9.98. The van der Waals surface area contributed by atoms with Gasteiger partial charge in [0.25, 0.3) is 0 Å². The van der Waals surface area contributed by atoms with Gasteiger partial charge in [0.2, 0.25) is 10.0 Å². The van der Waals surface area contributed by atoms with E-state index < -0.39 is 10.0 Å². The molecular formula is C14H20N2O2S. The van der Waals surface area contributed by atoms with Crippen LogP contribution in [0, 0.1) is 17.8 Å². The molecule has 0 radical (unpaired) electrons. The summed E-state index contributed by atoms with van der Waals surface area (Å²) in [6, 6.07) is 6.69. The number of sulfonamides is 1. The molecule has 19 heavy (non-hydrogen) atoms. The standard InChI is InChI=1S/C14H20N2O2S/c15-19(17,18)13-7-5-12(6-8-13)16-9-14(10-1-2-10)11-3-4-11/h5-8,10-11,14,16H,1-4,9H2,(H2,15,17,18). The highest BCUT2D eigenvalue weighted by molar-refractivity contribution is 7.89. The Hall–Kier alpha value is -1.07. The van der Waals surface area contributed by atoms with E-state index in [0.717, 1.165) is 30.0 Å². The van der Waals surface area contributed by atoms with Crippen molar-refractivity contribution in [1.82, 2.24) is 0 Å². The predicted octanol–water partition coefficient (Wildman–Crippen LogP) is 2.18. The summed E-state index contributed by atoms with van der Waals surface area (Å²) in [5.41, 5.74) is 0.971. The van der Waals surface area contributed by atoms with Crippen LogP contribution in [0.15, 0.2) is 29.2 Å². The van der Waals surface area contributed by atoms with E-state index in [0.29, 0.717) is 0 Å². The van der Waals surface area contributed by atoms with Crippen molar-refractivity contribution in [2.75, 3.05) is 11.9 Å². The maximum absolute atomic E-state index is 11.2. The molecule has 1 aromatic rings. The Balaban J connectivity index is 1.60. The van der Waals surface area contributed by atoms with Crippen LogP contribution >= 0.6 is 0 Å². The molecule has 0 atom stereocenters. The second-order valence-electron chi connectivity index (χ2n) is 5.79. The molecule has 0 aromatic heterocycles. The Morgan fingerprint density at radius 2 is 1.63 bits per heavy atom. The summed E-state index contributed by atoms with van der Waals surface area (Å²) < 4.78 is 22.3. The van der Waals surface area contributed by atoms with Crippen molar-refractivity contribution in [2.45, 2.75) is 30.6 Å². The summed E-state index contributed by atoms with van der Waals surface area (Å²) in [4.78, 5) is 0.166. The third-order valence-corrected chi connectivity index (χ3v) is 5.11. The normalized spacial score (nSPS) is 19.7. The van der Waals surface area contributed by atoms with Gasteiger partial charge in [0.1, 0.15) is 0 Å². The van der Waals surface area contributed by atoms with E-state index in [4.69, 9.17) is 5.14 Å². The minimum atomic E-state index is -3.59. The molecule has 5 heteroatoms. The summed E-state index contributed by atoms with van der Waals surface area (Å²) in [7, 11) is -3.59. The van der Waals surface area contributed by atoms with E-state index >= 15 is 0 Å². The van der Waals surface area contributed by atoms with E-state index in [1.54, 1.807) is 24.3 Å². The number of primary sulfonamides is 1. The number of hydrogen-bond donors (Lipinski definition) is 2. The fourth-order valence-electron chi connectivity index (χ4n) is 2.77. The lowest BCUT2D eigenvalue weighted by molar-refractivity contribution is 0.428. The predicted molar refractivity (Wildman–Crippen MR) is 75.2 cm³/mol. The monoisotopic (exact) mass is 280 g/mol. The Labute approximate surface area is 114 Å². The molecule has 0 spiro atoms. The van der Waals surface area contributed by atoms with Gasteiger partial charge in [-0.2, -0.15) is 0 Å². The van der Waals surface area contributed by atoms with Crippen LogP contribution in [-0.2, 0) is 10.0 Å². The molecule has 0 heterocycles. The molecule has 0 saturated heterocycles. The van der Waals surface area contributed by atoms with Crippen molar-refractivity contribution in [3.05, 3.63) is 24.3 Å². The largest absolute Gasteiger partial charge is 0.385 e. The SMILES string of the molecule is NS(=O)(=O)c1ccc(NCC(C2CC2)C2CC2)cc1. The van der Waals surface area contributed by atoms with Gasteiger partial charge in [-0.25, -0.2) is 13.6 Å². The molecule has 2 fully saturated rings. The fourth-order valence-corrected chi connectivity index (χ4v) is 3.28. The van der Waals surface area contributed by atoms with Crippen LogP contribution in [0.1, 0.15) is 25.7 Å². The summed E-state index contributed by atoms with van der Waals surface area (Å²) >= 11 is 0. The second kappa shape index (κ2) is 4.80. The van der Waals surface area contributed by atoms with E-state index in [-0.39, 0.29) is 4.90 Å². The Bertz CT molecular complexity index is 533. The van der Waals surface area contributed by atoms with Crippen molar-refractivity contribution in [3.63, 3.8) is 0 Å². The summed E-state index contributed by atoms with van der Waals surface area (Å²) in [5, 5.41) is 8.51. The molecular weight excluding hydrogens is 260 g/mol. The van der Waals surface area contributed by atoms with Crippen molar-refractivity contribution in [3.8, 4) is 0 Å². The van der Waals surface area contributed by atoms with E-state index in [1.165, 1.54) is 25.7 Å². The van der Waals surface area contributed by atoms with Crippen LogP contribution in [0.25, 0.3) is 0 Å². The maximum Gasteiger partial charge on any atom is 0.238 e. The first kappa shape index (κ1) is 12.9. The van der Waals surface area contributed by atoms with Gasteiger partial charge in [-0.05, 0) is 67.7 Å². The molecule has 2 saturated carbocycles. The van der Waals surface area contributed by atoms with Gasteiger partial charge in [-0.1, -0.05) is 0 Å². The minimum Gasteiger partial charge on any atom is -0.385 e. The Kier molecular flexibility index (Phi) is 3.27. The zero-order valence-corrected chi connectivity index (χ0v) is 11.7. The molecule has 2 aliphatic carbocycles. The third kappa shape index (κ3) is 3.28. The average molecular weight is 280 g/mol. The molecule has 0 unspecified atom stereocenters. The van der Waals surface area contributed by atoms with Crippen LogP contribution in [-0.4, -0.2) is 15.0 Å². The van der Waals surface area contributed by atoms with Crippen LogP contribution in [0.4, 0.5) is 5.69 Å². The minimum absolute atomic E-state index is 0.166. The highest BCUT2D eigenvalue weighted by Crippen LogP contribution is 2.49. The van der Waals surface area contributed by atoms with Crippen LogP contribution in [0.5, 0.6) is 0 Å². The first-order valence-electron chi connectivity index (χ1n) is 6.91. The summed E-state index contributed by atoms with van der Waals surface area (Å²) in [6.45, 7) is 1.00. The highest BCUT2D eigenvalue weighted by atomic mass is 32.2.